The Morgan fingerprint density at radius 1 is 1.47 bits per heavy atom. The van der Waals surface area contributed by atoms with Crippen molar-refractivity contribution in [2.75, 3.05) is 13.1 Å². The average Bonchev–Trinajstić information content (AvgIpc) is 2.23. The summed E-state index contributed by atoms with van der Waals surface area (Å²) in [5, 5.41) is 0. The first-order valence-electron chi connectivity index (χ1n) is 5.99. The van der Waals surface area contributed by atoms with Crippen LogP contribution in [0, 0.1) is 5.92 Å². The number of nitrogens with zero attached hydrogens (tertiary/aromatic N) is 2. The van der Waals surface area contributed by atoms with E-state index in [4.69, 9.17) is 4.74 Å². The molecule has 0 spiro atoms. The molecule has 0 atom stereocenters. The van der Waals surface area contributed by atoms with Gasteiger partial charge in [-0.3, -0.25) is 9.78 Å². The third-order valence-electron chi connectivity index (χ3n) is 2.74. The van der Waals surface area contributed by atoms with Crippen molar-refractivity contribution in [3.05, 3.63) is 24.5 Å². The number of ether oxygens (including phenoxy) is 1. The summed E-state index contributed by atoms with van der Waals surface area (Å²) in [6.07, 6.45) is 4.17. The molecule has 0 saturated carbocycles. The summed E-state index contributed by atoms with van der Waals surface area (Å²) in [7, 11) is 0. The van der Waals surface area contributed by atoms with E-state index in [-0.39, 0.29) is 12.0 Å². The van der Waals surface area contributed by atoms with E-state index < -0.39 is 0 Å². The Labute approximate surface area is 102 Å². The molecule has 17 heavy (non-hydrogen) atoms. The molecule has 4 heteroatoms. The summed E-state index contributed by atoms with van der Waals surface area (Å²) in [6, 6.07) is 3.66. The molecule has 0 aromatic carbocycles. The van der Waals surface area contributed by atoms with Gasteiger partial charge < -0.3 is 9.64 Å². The van der Waals surface area contributed by atoms with Crippen molar-refractivity contribution >= 4 is 5.91 Å². The first-order chi connectivity index (χ1) is 8.15. The Hall–Kier alpha value is -1.58. The van der Waals surface area contributed by atoms with Gasteiger partial charge in [-0.1, -0.05) is 13.8 Å². The van der Waals surface area contributed by atoms with Crippen LogP contribution in [0.4, 0.5) is 0 Å². The number of pyridine rings is 1. The minimum atomic E-state index is 0.133. The molecular weight excluding hydrogens is 216 g/mol. The Kier molecular flexibility index (Phi) is 3.61. The van der Waals surface area contributed by atoms with Gasteiger partial charge in [0.25, 0.3) is 0 Å². The second-order valence-electron chi connectivity index (χ2n) is 4.82. The highest BCUT2D eigenvalue weighted by Crippen LogP contribution is 2.18. The SMILES string of the molecule is CC(C)CC(=O)N1CC(Oc2ccncc2)C1. The maximum absolute atomic E-state index is 11.7. The van der Waals surface area contributed by atoms with E-state index in [0.29, 0.717) is 25.4 Å². The second kappa shape index (κ2) is 5.17. The predicted molar refractivity (Wildman–Crippen MR) is 64.7 cm³/mol. The molecule has 1 aliphatic heterocycles. The van der Waals surface area contributed by atoms with Gasteiger partial charge in [-0.2, -0.15) is 0 Å². The van der Waals surface area contributed by atoms with Crippen molar-refractivity contribution in [3.63, 3.8) is 0 Å². The molecule has 1 saturated heterocycles. The van der Waals surface area contributed by atoms with E-state index in [0.717, 1.165) is 5.75 Å². The van der Waals surface area contributed by atoms with Crippen LogP contribution in [0.25, 0.3) is 0 Å². The van der Waals surface area contributed by atoms with Crippen molar-refractivity contribution in [1.82, 2.24) is 9.88 Å². The first kappa shape index (κ1) is 11.9. The normalized spacial score (nSPS) is 15.8. The van der Waals surface area contributed by atoms with E-state index in [1.165, 1.54) is 0 Å². The molecular formula is C13H18N2O2. The molecule has 2 heterocycles. The second-order valence-corrected chi connectivity index (χ2v) is 4.82. The van der Waals surface area contributed by atoms with Gasteiger partial charge in [0.05, 0.1) is 13.1 Å². The Balaban J connectivity index is 1.74. The Morgan fingerprint density at radius 3 is 2.71 bits per heavy atom. The van der Waals surface area contributed by atoms with Gasteiger partial charge in [0, 0.05) is 18.8 Å². The summed E-state index contributed by atoms with van der Waals surface area (Å²) in [6.45, 7) is 5.52. The lowest BCUT2D eigenvalue weighted by molar-refractivity contribution is -0.140. The van der Waals surface area contributed by atoms with Crippen LogP contribution in [0.2, 0.25) is 0 Å². The monoisotopic (exact) mass is 234 g/mol. The largest absolute Gasteiger partial charge is 0.487 e. The lowest BCUT2D eigenvalue weighted by atomic mass is 10.1. The molecule has 1 aromatic heterocycles. The summed E-state index contributed by atoms with van der Waals surface area (Å²) in [4.78, 5) is 17.5. The Bertz CT molecular complexity index is 372. The molecule has 1 fully saturated rings. The van der Waals surface area contributed by atoms with Crippen LogP contribution >= 0.6 is 0 Å². The first-order valence-corrected chi connectivity index (χ1v) is 5.99. The van der Waals surface area contributed by atoms with Crippen molar-refractivity contribution < 1.29 is 9.53 Å². The third-order valence-corrected chi connectivity index (χ3v) is 2.74. The average molecular weight is 234 g/mol. The maximum atomic E-state index is 11.7. The number of likely N-dealkylation sites (tertiary alicyclic amines) is 1. The fourth-order valence-corrected chi connectivity index (χ4v) is 1.80. The van der Waals surface area contributed by atoms with Crippen LogP contribution < -0.4 is 4.74 Å². The van der Waals surface area contributed by atoms with E-state index >= 15 is 0 Å². The highest BCUT2D eigenvalue weighted by molar-refractivity contribution is 5.77. The standard InChI is InChI=1S/C13H18N2O2/c1-10(2)7-13(16)15-8-12(9-15)17-11-3-5-14-6-4-11/h3-6,10,12H,7-9H2,1-2H3. The molecule has 0 aliphatic carbocycles. The zero-order chi connectivity index (χ0) is 12.3. The van der Waals surface area contributed by atoms with Crippen molar-refractivity contribution in [2.45, 2.75) is 26.4 Å². The number of aromatic nitrogens is 1. The third kappa shape index (κ3) is 3.19. The number of carbonyl (C=O) groups excluding carboxylic acids is 1. The lowest BCUT2D eigenvalue weighted by Crippen LogP contribution is -2.56. The van der Waals surface area contributed by atoms with Crippen LogP contribution in [0.1, 0.15) is 20.3 Å². The van der Waals surface area contributed by atoms with Crippen LogP contribution in [0.15, 0.2) is 24.5 Å². The topological polar surface area (TPSA) is 42.4 Å². The van der Waals surface area contributed by atoms with Gasteiger partial charge in [-0.05, 0) is 18.1 Å². The quantitative estimate of drug-likeness (QED) is 0.796. The molecule has 1 aliphatic rings. The van der Waals surface area contributed by atoms with Gasteiger partial charge in [-0.25, -0.2) is 0 Å². The van der Waals surface area contributed by atoms with Gasteiger partial charge in [-0.15, -0.1) is 0 Å². The van der Waals surface area contributed by atoms with E-state index in [1.54, 1.807) is 12.4 Å². The summed E-state index contributed by atoms with van der Waals surface area (Å²) < 4.78 is 5.70. The molecule has 1 amide bonds. The Morgan fingerprint density at radius 2 is 2.12 bits per heavy atom. The molecule has 4 nitrogen and oxygen atoms in total. The molecule has 0 bridgehead atoms. The lowest BCUT2D eigenvalue weighted by Gasteiger charge is -2.39. The smallest absolute Gasteiger partial charge is 0.223 e. The van der Waals surface area contributed by atoms with Gasteiger partial charge in [0.15, 0.2) is 0 Å². The zero-order valence-electron chi connectivity index (χ0n) is 10.3. The minimum Gasteiger partial charge on any atom is -0.487 e. The minimum absolute atomic E-state index is 0.133. The molecule has 1 aromatic rings. The highest BCUT2D eigenvalue weighted by atomic mass is 16.5. The van der Waals surface area contributed by atoms with Crippen molar-refractivity contribution in [2.24, 2.45) is 5.92 Å². The van der Waals surface area contributed by atoms with Gasteiger partial charge in [0.2, 0.25) is 5.91 Å². The number of hydrogen-bond acceptors (Lipinski definition) is 3. The fraction of sp³-hybridized carbons (Fsp3) is 0.538. The van der Waals surface area contributed by atoms with Gasteiger partial charge in [0.1, 0.15) is 11.9 Å². The fourth-order valence-electron chi connectivity index (χ4n) is 1.80. The number of carbonyl (C=O) groups is 1. The predicted octanol–water partition coefficient (Wildman–Crippen LogP) is 1.72. The van der Waals surface area contributed by atoms with E-state index in [2.05, 4.69) is 18.8 Å². The van der Waals surface area contributed by atoms with E-state index in [9.17, 15) is 4.79 Å². The van der Waals surface area contributed by atoms with E-state index in [1.807, 2.05) is 17.0 Å². The molecule has 0 unspecified atom stereocenters. The summed E-state index contributed by atoms with van der Waals surface area (Å²) in [5.41, 5.74) is 0. The molecule has 0 radical (unpaired) electrons. The highest BCUT2D eigenvalue weighted by Gasteiger charge is 2.32. The summed E-state index contributed by atoms with van der Waals surface area (Å²) >= 11 is 0. The molecule has 2 rings (SSSR count). The summed E-state index contributed by atoms with van der Waals surface area (Å²) in [5.74, 6) is 1.47. The van der Waals surface area contributed by atoms with Crippen molar-refractivity contribution in [1.29, 1.82) is 0 Å². The van der Waals surface area contributed by atoms with Crippen LogP contribution in [0.3, 0.4) is 0 Å². The number of amides is 1. The van der Waals surface area contributed by atoms with Crippen LogP contribution in [-0.2, 0) is 4.79 Å². The molecule has 0 N–H and O–H groups in total. The molecule has 92 valence electrons. The van der Waals surface area contributed by atoms with Gasteiger partial charge >= 0.3 is 0 Å². The van der Waals surface area contributed by atoms with Crippen LogP contribution in [-0.4, -0.2) is 35.0 Å². The zero-order valence-corrected chi connectivity index (χ0v) is 10.3. The van der Waals surface area contributed by atoms with Crippen LogP contribution in [0.5, 0.6) is 5.75 Å². The maximum Gasteiger partial charge on any atom is 0.223 e. The van der Waals surface area contributed by atoms with Crippen molar-refractivity contribution in [3.8, 4) is 5.75 Å². The number of rotatable bonds is 4. The number of hydrogen-bond donors (Lipinski definition) is 0.